The molecule has 1 N–H and O–H groups in total. The Morgan fingerprint density at radius 2 is 1.81 bits per heavy atom. The van der Waals surface area contributed by atoms with E-state index in [9.17, 15) is 9.90 Å². The van der Waals surface area contributed by atoms with Crippen LogP contribution in [0.15, 0.2) is 35.9 Å². The number of hydrogen-bond acceptors (Lipinski definition) is 7. The first kappa shape index (κ1) is 21.2. The van der Waals surface area contributed by atoms with E-state index >= 15 is 0 Å². The fourth-order valence-electron chi connectivity index (χ4n) is 3.98. The fraction of sp³-hybridized carbons (Fsp3) is 0.375. The van der Waals surface area contributed by atoms with Crippen molar-refractivity contribution in [3.63, 3.8) is 0 Å². The van der Waals surface area contributed by atoms with E-state index in [2.05, 4.69) is 16.8 Å². The van der Waals surface area contributed by atoms with Crippen LogP contribution in [-0.4, -0.2) is 74.7 Å². The molecule has 1 saturated heterocycles. The van der Waals surface area contributed by atoms with Gasteiger partial charge in [-0.15, -0.1) is 0 Å². The van der Waals surface area contributed by atoms with Gasteiger partial charge in [-0.2, -0.15) is 0 Å². The Labute approximate surface area is 182 Å². The summed E-state index contributed by atoms with van der Waals surface area (Å²) in [5.74, 6) is 1.60. The summed E-state index contributed by atoms with van der Waals surface area (Å²) in [7, 11) is 5.20. The predicted molar refractivity (Wildman–Crippen MR) is 118 cm³/mol. The van der Waals surface area contributed by atoms with E-state index in [1.165, 1.54) is 7.11 Å². The summed E-state index contributed by atoms with van der Waals surface area (Å²) in [6.45, 7) is 4.67. The van der Waals surface area contributed by atoms with Crippen molar-refractivity contribution in [2.75, 3.05) is 54.1 Å². The summed E-state index contributed by atoms with van der Waals surface area (Å²) < 4.78 is 16.5. The van der Waals surface area contributed by atoms with Gasteiger partial charge in [0.15, 0.2) is 17.3 Å². The molecule has 0 amide bonds. The Bertz CT molecular complexity index is 1010. The van der Waals surface area contributed by atoms with Crippen LogP contribution in [0, 0.1) is 0 Å². The van der Waals surface area contributed by atoms with Crippen LogP contribution < -0.4 is 14.2 Å². The van der Waals surface area contributed by atoms with E-state index in [4.69, 9.17) is 14.2 Å². The lowest BCUT2D eigenvalue weighted by atomic mass is 9.96. The lowest BCUT2D eigenvalue weighted by molar-refractivity contribution is 0.1000. The molecule has 4 rings (SSSR count). The molecule has 31 heavy (non-hydrogen) atoms. The first-order valence-corrected chi connectivity index (χ1v) is 10.4. The number of piperazine rings is 1. The Hall–Kier alpha value is -3.03. The maximum absolute atomic E-state index is 13.2. The van der Waals surface area contributed by atoms with Crippen molar-refractivity contribution in [2.24, 2.45) is 0 Å². The highest BCUT2D eigenvalue weighted by Crippen LogP contribution is 2.38. The van der Waals surface area contributed by atoms with Crippen LogP contribution in [0.3, 0.4) is 0 Å². The Morgan fingerprint density at radius 1 is 1.10 bits per heavy atom. The standard InChI is InChI=1S/C24H28N2O5/c1-25-7-9-26(10-8-25)14-19-16(5-4-6-20(19)27)11-17-15-31-21-13-23(30-3)22(29-2)12-18(21)24(17)28/h4-6,11-13,27H,7-10,14-15H2,1-3H3/b17-11+. The Morgan fingerprint density at radius 3 is 2.52 bits per heavy atom. The van der Waals surface area contributed by atoms with Crippen LogP contribution >= 0.6 is 0 Å². The fourth-order valence-corrected chi connectivity index (χ4v) is 3.98. The molecule has 7 heteroatoms. The van der Waals surface area contributed by atoms with Gasteiger partial charge in [0.2, 0.25) is 0 Å². The summed E-state index contributed by atoms with van der Waals surface area (Å²) in [4.78, 5) is 17.8. The van der Waals surface area contributed by atoms with Crippen molar-refractivity contribution in [2.45, 2.75) is 6.54 Å². The van der Waals surface area contributed by atoms with E-state index in [0.29, 0.717) is 34.9 Å². The number of nitrogens with zero attached hydrogens (tertiary/aromatic N) is 2. The van der Waals surface area contributed by atoms with Crippen LogP contribution in [0.5, 0.6) is 23.0 Å². The molecule has 0 aromatic heterocycles. The molecule has 2 aromatic rings. The second kappa shape index (κ2) is 8.99. The minimum atomic E-state index is -0.115. The Balaban J connectivity index is 1.64. The molecular weight excluding hydrogens is 396 g/mol. The van der Waals surface area contributed by atoms with Crippen LogP contribution in [0.1, 0.15) is 21.5 Å². The number of hydrogen-bond donors (Lipinski definition) is 1. The molecule has 0 bridgehead atoms. The highest BCUT2D eigenvalue weighted by molar-refractivity contribution is 6.14. The summed E-state index contributed by atoms with van der Waals surface area (Å²) in [6.07, 6.45) is 1.83. The van der Waals surface area contributed by atoms with Gasteiger partial charge in [0.05, 0.1) is 19.8 Å². The van der Waals surface area contributed by atoms with Gasteiger partial charge < -0.3 is 24.2 Å². The predicted octanol–water partition coefficient (Wildman–Crippen LogP) is 2.82. The summed E-state index contributed by atoms with van der Waals surface area (Å²) in [6, 6.07) is 8.74. The quantitative estimate of drug-likeness (QED) is 0.740. The second-order valence-corrected chi connectivity index (χ2v) is 7.92. The average Bonchev–Trinajstić information content (AvgIpc) is 2.78. The number of phenols is 1. The van der Waals surface area contributed by atoms with Gasteiger partial charge >= 0.3 is 0 Å². The van der Waals surface area contributed by atoms with Crippen LogP contribution in [0.4, 0.5) is 0 Å². The average molecular weight is 424 g/mol. The van der Waals surface area contributed by atoms with Crippen molar-refractivity contribution in [1.29, 1.82) is 0 Å². The van der Waals surface area contributed by atoms with Gasteiger partial charge in [0.25, 0.3) is 0 Å². The van der Waals surface area contributed by atoms with Gasteiger partial charge in [0.1, 0.15) is 18.1 Å². The number of likely N-dealkylation sites (N-methyl/N-ethyl adjacent to an activating group) is 1. The van der Waals surface area contributed by atoms with Crippen molar-refractivity contribution < 1.29 is 24.1 Å². The summed E-state index contributed by atoms with van der Waals surface area (Å²) in [5, 5.41) is 10.5. The first-order valence-electron chi connectivity index (χ1n) is 10.4. The minimum Gasteiger partial charge on any atom is -0.508 e. The molecule has 0 unspecified atom stereocenters. The molecule has 0 saturated carbocycles. The number of aromatic hydroxyl groups is 1. The topological polar surface area (TPSA) is 71.5 Å². The molecule has 1 fully saturated rings. The molecule has 2 aliphatic heterocycles. The van der Waals surface area contributed by atoms with Gasteiger partial charge in [-0.05, 0) is 30.8 Å². The van der Waals surface area contributed by atoms with Crippen LogP contribution in [-0.2, 0) is 6.54 Å². The highest BCUT2D eigenvalue weighted by Gasteiger charge is 2.26. The van der Waals surface area contributed by atoms with Gasteiger partial charge in [-0.3, -0.25) is 9.69 Å². The van der Waals surface area contributed by atoms with E-state index in [1.807, 2.05) is 12.1 Å². The molecule has 0 aliphatic carbocycles. The molecule has 7 nitrogen and oxygen atoms in total. The molecule has 2 heterocycles. The monoisotopic (exact) mass is 424 g/mol. The molecule has 2 aromatic carbocycles. The normalized spacial score (nSPS) is 18.5. The minimum absolute atomic E-state index is 0.115. The zero-order valence-electron chi connectivity index (χ0n) is 18.2. The molecule has 0 spiro atoms. The number of fused-ring (bicyclic) bond motifs is 1. The SMILES string of the molecule is COc1cc2c(cc1OC)C(=O)/C(=C/c1cccc(O)c1CN1CCN(C)CC1)CO2. The number of ether oxygens (including phenoxy) is 3. The maximum Gasteiger partial charge on any atom is 0.196 e. The maximum atomic E-state index is 13.2. The summed E-state index contributed by atoms with van der Waals surface area (Å²) >= 11 is 0. The molecule has 164 valence electrons. The number of ketones is 1. The number of carbonyl (C=O) groups is 1. The molecule has 2 aliphatic rings. The highest BCUT2D eigenvalue weighted by atomic mass is 16.5. The van der Waals surface area contributed by atoms with Gasteiger partial charge in [0, 0.05) is 49.9 Å². The van der Waals surface area contributed by atoms with E-state index < -0.39 is 0 Å². The number of rotatable bonds is 5. The molecule has 0 atom stereocenters. The number of Topliss-reactive ketones (excluding diaryl/α,β-unsaturated/α-hetero) is 1. The van der Waals surface area contributed by atoms with Crippen molar-refractivity contribution in [1.82, 2.24) is 9.80 Å². The van der Waals surface area contributed by atoms with Crippen molar-refractivity contribution in [3.05, 3.63) is 52.6 Å². The lowest BCUT2D eigenvalue weighted by Crippen LogP contribution is -2.43. The second-order valence-electron chi connectivity index (χ2n) is 7.92. The zero-order chi connectivity index (χ0) is 22.0. The smallest absolute Gasteiger partial charge is 0.196 e. The van der Waals surface area contributed by atoms with E-state index in [-0.39, 0.29) is 18.1 Å². The third-order valence-corrected chi connectivity index (χ3v) is 5.90. The van der Waals surface area contributed by atoms with E-state index in [0.717, 1.165) is 37.3 Å². The van der Waals surface area contributed by atoms with Crippen molar-refractivity contribution in [3.8, 4) is 23.0 Å². The lowest BCUT2D eigenvalue weighted by Gasteiger charge is -2.32. The number of carbonyl (C=O) groups excluding carboxylic acids is 1. The van der Waals surface area contributed by atoms with Crippen LogP contribution in [0.25, 0.3) is 6.08 Å². The number of methoxy groups -OCH3 is 2. The third-order valence-electron chi connectivity index (χ3n) is 5.90. The van der Waals surface area contributed by atoms with Gasteiger partial charge in [-0.1, -0.05) is 12.1 Å². The molecular formula is C24H28N2O5. The van der Waals surface area contributed by atoms with Crippen molar-refractivity contribution >= 4 is 11.9 Å². The van der Waals surface area contributed by atoms with E-state index in [1.54, 1.807) is 31.4 Å². The first-order chi connectivity index (χ1) is 15.0. The number of phenolic OH excluding ortho intramolecular Hbond substituents is 1. The number of benzene rings is 2. The zero-order valence-corrected chi connectivity index (χ0v) is 18.2. The van der Waals surface area contributed by atoms with Crippen LogP contribution in [0.2, 0.25) is 0 Å². The Kier molecular flexibility index (Phi) is 6.15. The third kappa shape index (κ3) is 4.38. The van der Waals surface area contributed by atoms with Gasteiger partial charge in [-0.25, -0.2) is 0 Å². The summed E-state index contributed by atoms with van der Waals surface area (Å²) in [5.41, 5.74) is 2.63. The molecule has 0 radical (unpaired) electrons. The largest absolute Gasteiger partial charge is 0.508 e.